The zero-order valence-corrected chi connectivity index (χ0v) is 9.64. The maximum atomic E-state index is 10.3. The molecule has 0 spiro atoms. The van der Waals surface area contributed by atoms with Crippen LogP contribution in [0.2, 0.25) is 19.6 Å². The Kier molecular flexibility index (Phi) is 5.43. The maximum absolute atomic E-state index is 10.3. The fourth-order valence-corrected chi connectivity index (χ4v) is 0.998. The normalized spacial score (nSPS) is 10.2. The lowest BCUT2D eigenvalue weighted by Gasteiger charge is -2.13. The van der Waals surface area contributed by atoms with Crippen molar-refractivity contribution in [1.82, 2.24) is 0 Å². The molecule has 13 heavy (non-hydrogen) atoms. The number of rotatable bonds is 3. The third-order valence-corrected chi connectivity index (χ3v) is 2.06. The topological polar surface area (TPSA) is 35.5 Å². The highest BCUT2D eigenvalue weighted by Crippen LogP contribution is 2.00. The molecule has 0 radical (unpaired) electrons. The zero-order chi connectivity index (χ0) is 10.3. The summed E-state index contributed by atoms with van der Waals surface area (Å²) in [5, 5.41) is 0. The first-order chi connectivity index (χ1) is 5.92. The molecule has 0 aliphatic heterocycles. The highest BCUT2D eigenvalue weighted by atomic mass is 28.4. The first kappa shape index (κ1) is 12.2. The molecule has 0 saturated heterocycles. The van der Waals surface area contributed by atoms with E-state index in [1.807, 2.05) is 0 Å². The Labute approximate surface area is 80.6 Å². The lowest BCUT2D eigenvalue weighted by molar-refractivity contribution is -0.139. The number of carbonyl (C=O) groups excluding carboxylic acids is 1. The first-order valence-corrected chi connectivity index (χ1v) is 7.56. The Hall–Kier alpha value is -0.793. The summed E-state index contributed by atoms with van der Waals surface area (Å²) in [4.78, 5) is 10.3. The van der Waals surface area contributed by atoms with E-state index in [1.165, 1.54) is 6.92 Å². The van der Waals surface area contributed by atoms with Crippen LogP contribution in [-0.4, -0.2) is 27.5 Å². The molecular formula is C9H16O3Si. The van der Waals surface area contributed by atoms with Crippen LogP contribution in [0.25, 0.3) is 0 Å². The molecule has 0 aromatic rings. The summed E-state index contributed by atoms with van der Waals surface area (Å²) >= 11 is 0. The number of hydrogen-bond donors (Lipinski definition) is 0. The van der Waals surface area contributed by atoms with Gasteiger partial charge in [-0.25, -0.2) is 0 Å². The van der Waals surface area contributed by atoms with E-state index in [0.717, 1.165) is 0 Å². The number of ether oxygens (including phenoxy) is 1. The molecule has 0 aromatic heterocycles. The van der Waals surface area contributed by atoms with E-state index in [4.69, 9.17) is 4.43 Å². The van der Waals surface area contributed by atoms with Crippen molar-refractivity contribution >= 4 is 14.3 Å². The summed E-state index contributed by atoms with van der Waals surface area (Å²) in [6, 6.07) is 0. The molecule has 0 N–H and O–H groups in total. The molecular weight excluding hydrogens is 184 g/mol. The standard InChI is InChI=1S/C9H16O3Si/c1-9(10)11-7-5-6-8-12-13(2,3)4/h7-8H2,1-4H3. The third-order valence-electron chi connectivity index (χ3n) is 1.05. The second-order valence-electron chi connectivity index (χ2n) is 3.53. The smallest absolute Gasteiger partial charge is 0.303 e. The minimum absolute atomic E-state index is 0.157. The lowest BCUT2D eigenvalue weighted by atomic mass is 10.6. The quantitative estimate of drug-likeness (QED) is 0.392. The van der Waals surface area contributed by atoms with Gasteiger partial charge in [0, 0.05) is 6.92 Å². The molecule has 74 valence electrons. The van der Waals surface area contributed by atoms with Crippen LogP contribution >= 0.6 is 0 Å². The summed E-state index contributed by atoms with van der Waals surface area (Å²) < 4.78 is 10.1. The van der Waals surface area contributed by atoms with Gasteiger partial charge in [-0.3, -0.25) is 4.79 Å². The van der Waals surface area contributed by atoms with Crippen LogP contribution in [0.3, 0.4) is 0 Å². The SMILES string of the molecule is CC(=O)OCC#CCO[Si](C)(C)C. The molecule has 0 fully saturated rings. The van der Waals surface area contributed by atoms with Crippen molar-refractivity contribution in [2.24, 2.45) is 0 Å². The summed E-state index contributed by atoms with van der Waals surface area (Å²) in [7, 11) is -1.45. The Balaban J connectivity index is 3.46. The molecule has 0 amide bonds. The van der Waals surface area contributed by atoms with E-state index in [0.29, 0.717) is 6.61 Å². The van der Waals surface area contributed by atoms with Crippen molar-refractivity contribution in [3.63, 3.8) is 0 Å². The number of hydrogen-bond acceptors (Lipinski definition) is 3. The van der Waals surface area contributed by atoms with Gasteiger partial charge < -0.3 is 9.16 Å². The van der Waals surface area contributed by atoms with Crippen molar-refractivity contribution in [2.75, 3.05) is 13.2 Å². The zero-order valence-electron chi connectivity index (χ0n) is 8.64. The second kappa shape index (κ2) is 5.78. The van der Waals surface area contributed by atoms with Crippen LogP contribution in [0, 0.1) is 11.8 Å². The molecule has 0 aliphatic carbocycles. The minimum atomic E-state index is -1.45. The van der Waals surface area contributed by atoms with Gasteiger partial charge in [0.1, 0.15) is 0 Å². The number of esters is 1. The molecule has 0 aliphatic rings. The van der Waals surface area contributed by atoms with Crippen LogP contribution in [0.4, 0.5) is 0 Å². The summed E-state index contributed by atoms with van der Waals surface area (Å²) in [6.07, 6.45) is 0. The molecule has 3 nitrogen and oxygen atoms in total. The summed E-state index contributed by atoms with van der Waals surface area (Å²) in [5.74, 6) is 5.17. The number of carbonyl (C=O) groups is 1. The van der Waals surface area contributed by atoms with E-state index < -0.39 is 8.32 Å². The van der Waals surface area contributed by atoms with Gasteiger partial charge in [0.25, 0.3) is 0 Å². The fraction of sp³-hybridized carbons (Fsp3) is 0.667. The van der Waals surface area contributed by atoms with Crippen molar-refractivity contribution in [3.05, 3.63) is 0 Å². The monoisotopic (exact) mass is 200 g/mol. The van der Waals surface area contributed by atoms with Gasteiger partial charge in [-0.15, -0.1) is 0 Å². The van der Waals surface area contributed by atoms with Crippen molar-refractivity contribution in [1.29, 1.82) is 0 Å². The van der Waals surface area contributed by atoms with Gasteiger partial charge in [-0.05, 0) is 19.6 Å². The average Bonchev–Trinajstić information content (AvgIpc) is 1.93. The molecule has 0 aromatic carbocycles. The highest BCUT2D eigenvalue weighted by Gasteiger charge is 2.12. The van der Waals surface area contributed by atoms with Gasteiger partial charge >= 0.3 is 5.97 Å². The Morgan fingerprint density at radius 3 is 2.23 bits per heavy atom. The largest absolute Gasteiger partial charge is 0.453 e. The van der Waals surface area contributed by atoms with Crippen molar-refractivity contribution in [3.8, 4) is 11.8 Å². The summed E-state index contributed by atoms with van der Waals surface area (Å²) in [6.45, 7) is 8.24. The molecule has 0 saturated carbocycles. The molecule has 0 rings (SSSR count). The highest BCUT2D eigenvalue weighted by molar-refractivity contribution is 6.69. The Morgan fingerprint density at radius 1 is 1.23 bits per heavy atom. The minimum Gasteiger partial charge on any atom is -0.453 e. The van der Waals surface area contributed by atoms with Crippen LogP contribution in [-0.2, 0) is 14.0 Å². The van der Waals surface area contributed by atoms with Crippen LogP contribution in [0.5, 0.6) is 0 Å². The van der Waals surface area contributed by atoms with E-state index in [-0.39, 0.29) is 12.6 Å². The second-order valence-corrected chi connectivity index (χ2v) is 8.05. The molecule has 0 unspecified atom stereocenters. The molecule has 0 heterocycles. The van der Waals surface area contributed by atoms with Crippen LogP contribution in [0.1, 0.15) is 6.92 Å². The molecule has 0 atom stereocenters. The maximum Gasteiger partial charge on any atom is 0.303 e. The Bertz CT molecular complexity index is 219. The van der Waals surface area contributed by atoms with Gasteiger partial charge in [-0.2, -0.15) is 0 Å². The fourth-order valence-electron chi connectivity index (χ4n) is 0.492. The Morgan fingerprint density at radius 2 is 1.77 bits per heavy atom. The third kappa shape index (κ3) is 11.2. The van der Waals surface area contributed by atoms with Gasteiger partial charge in [0.2, 0.25) is 0 Å². The average molecular weight is 200 g/mol. The molecule has 4 heteroatoms. The predicted molar refractivity (Wildman–Crippen MR) is 53.7 cm³/mol. The predicted octanol–water partition coefficient (Wildman–Crippen LogP) is 1.40. The molecule has 0 bridgehead atoms. The van der Waals surface area contributed by atoms with E-state index >= 15 is 0 Å². The van der Waals surface area contributed by atoms with E-state index in [2.05, 4.69) is 36.2 Å². The van der Waals surface area contributed by atoms with E-state index in [9.17, 15) is 4.79 Å². The van der Waals surface area contributed by atoms with Gasteiger partial charge in [0.15, 0.2) is 14.9 Å². The van der Waals surface area contributed by atoms with Crippen LogP contribution < -0.4 is 0 Å². The lowest BCUT2D eigenvalue weighted by Crippen LogP contribution is -2.25. The van der Waals surface area contributed by atoms with Gasteiger partial charge in [0.05, 0.1) is 6.61 Å². The first-order valence-electron chi connectivity index (χ1n) is 4.15. The summed E-state index contributed by atoms with van der Waals surface area (Å²) in [5.41, 5.74) is 0. The van der Waals surface area contributed by atoms with Gasteiger partial charge in [-0.1, -0.05) is 11.8 Å². The van der Waals surface area contributed by atoms with Crippen molar-refractivity contribution in [2.45, 2.75) is 26.6 Å². The van der Waals surface area contributed by atoms with Crippen LogP contribution in [0.15, 0.2) is 0 Å². The van der Waals surface area contributed by atoms with E-state index in [1.54, 1.807) is 0 Å². The van der Waals surface area contributed by atoms with Crippen molar-refractivity contribution < 1.29 is 14.0 Å².